The van der Waals surface area contributed by atoms with Crippen molar-refractivity contribution in [2.45, 2.75) is 6.42 Å². The lowest BCUT2D eigenvalue weighted by Crippen LogP contribution is -2.01. The average molecular weight is 326 g/mol. The van der Waals surface area contributed by atoms with Crippen molar-refractivity contribution < 1.29 is 0 Å². The van der Waals surface area contributed by atoms with Crippen LogP contribution in [0.2, 0.25) is 15.5 Å². The van der Waals surface area contributed by atoms with Gasteiger partial charge in [-0.05, 0) is 5.56 Å². The van der Waals surface area contributed by atoms with Crippen LogP contribution in [-0.2, 0) is 6.42 Å². The van der Waals surface area contributed by atoms with Gasteiger partial charge in [-0.25, -0.2) is 19.9 Å². The monoisotopic (exact) mass is 324 g/mol. The summed E-state index contributed by atoms with van der Waals surface area (Å²) >= 11 is 17.8. The fraction of sp³-hybridized carbons (Fsp3) is 0.0769. The molecule has 0 aliphatic rings. The first-order valence-electron chi connectivity index (χ1n) is 5.72. The lowest BCUT2D eigenvalue weighted by molar-refractivity contribution is 0.977. The Morgan fingerprint density at radius 1 is 0.750 bits per heavy atom. The van der Waals surface area contributed by atoms with E-state index in [-0.39, 0.29) is 15.5 Å². The quantitative estimate of drug-likeness (QED) is 0.669. The maximum absolute atomic E-state index is 6.10. The van der Waals surface area contributed by atoms with E-state index >= 15 is 0 Å². The molecule has 0 fully saturated rings. The predicted molar refractivity (Wildman–Crippen MR) is 79.4 cm³/mol. The second kappa shape index (κ2) is 5.48. The number of nitrogens with zero attached hydrogens (tertiary/aromatic N) is 4. The summed E-state index contributed by atoms with van der Waals surface area (Å²) in [5.74, 6) is 0.557. The van der Waals surface area contributed by atoms with E-state index < -0.39 is 0 Å². The molecule has 100 valence electrons. The molecule has 0 amide bonds. The number of benzene rings is 1. The van der Waals surface area contributed by atoms with Crippen LogP contribution in [0.25, 0.3) is 11.2 Å². The number of halogens is 3. The van der Waals surface area contributed by atoms with Crippen LogP contribution in [0.4, 0.5) is 0 Å². The van der Waals surface area contributed by atoms with Gasteiger partial charge in [0.05, 0.1) is 0 Å². The van der Waals surface area contributed by atoms with Gasteiger partial charge in [-0.2, -0.15) is 0 Å². The normalized spacial score (nSPS) is 10.9. The highest BCUT2D eigenvalue weighted by Crippen LogP contribution is 2.24. The van der Waals surface area contributed by atoms with E-state index in [9.17, 15) is 0 Å². The molecule has 20 heavy (non-hydrogen) atoms. The first-order chi connectivity index (χ1) is 9.63. The zero-order valence-corrected chi connectivity index (χ0v) is 12.3. The summed E-state index contributed by atoms with van der Waals surface area (Å²) in [6.07, 6.45) is 0.554. The number of hydrogen-bond donors (Lipinski definition) is 0. The van der Waals surface area contributed by atoms with Crippen LogP contribution in [0.15, 0.2) is 30.3 Å². The minimum absolute atomic E-state index is 0.0838. The van der Waals surface area contributed by atoms with Gasteiger partial charge in [0.25, 0.3) is 0 Å². The summed E-state index contributed by atoms with van der Waals surface area (Å²) in [6.45, 7) is 0. The zero-order valence-electron chi connectivity index (χ0n) is 10.0. The molecule has 1 aromatic carbocycles. The van der Waals surface area contributed by atoms with Crippen molar-refractivity contribution in [1.29, 1.82) is 0 Å². The first-order valence-corrected chi connectivity index (χ1v) is 6.86. The average Bonchev–Trinajstić information content (AvgIpc) is 2.42. The molecule has 0 aliphatic carbocycles. The minimum Gasteiger partial charge on any atom is -0.226 e. The van der Waals surface area contributed by atoms with Crippen LogP contribution in [0.3, 0.4) is 0 Å². The fourth-order valence-corrected chi connectivity index (χ4v) is 2.25. The molecule has 2 heterocycles. The molecule has 0 spiro atoms. The summed E-state index contributed by atoms with van der Waals surface area (Å²) in [7, 11) is 0. The van der Waals surface area contributed by atoms with Crippen molar-refractivity contribution in [3.8, 4) is 0 Å². The largest absolute Gasteiger partial charge is 0.226 e. The molecule has 4 nitrogen and oxygen atoms in total. The van der Waals surface area contributed by atoms with Crippen molar-refractivity contribution >= 4 is 46.0 Å². The highest BCUT2D eigenvalue weighted by molar-refractivity contribution is 6.41. The highest BCUT2D eigenvalue weighted by Gasteiger charge is 2.12. The van der Waals surface area contributed by atoms with E-state index in [4.69, 9.17) is 34.8 Å². The fourth-order valence-electron chi connectivity index (χ4n) is 1.77. The minimum atomic E-state index is 0.0838. The Kier molecular flexibility index (Phi) is 3.70. The topological polar surface area (TPSA) is 51.6 Å². The van der Waals surface area contributed by atoms with Crippen LogP contribution >= 0.6 is 34.8 Å². The lowest BCUT2D eigenvalue weighted by Gasteiger charge is -2.04. The Morgan fingerprint density at radius 3 is 2.20 bits per heavy atom. The molecular weight excluding hydrogens is 319 g/mol. The van der Waals surface area contributed by atoms with Gasteiger partial charge in [0.1, 0.15) is 11.3 Å². The summed E-state index contributed by atoms with van der Waals surface area (Å²) in [5.41, 5.74) is 1.76. The van der Waals surface area contributed by atoms with Crippen molar-refractivity contribution in [3.05, 3.63) is 57.2 Å². The van der Waals surface area contributed by atoms with Gasteiger partial charge in [0.15, 0.2) is 21.1 Å². The molecule has 0 N–H and O–H groups in total. The molecule has 0 saturated heterocycles. The lowest BCUT2D eigenvalue weighted by atomic mass is 10.1. The van der Waals surface area contributed by atoms with Gasteiger partial charge in [0, 0.05) is 6.42 Å². The van der Waals surface area contributed by atoms with Crippen LogP contribution in [0, 0.1) is 0 Å². The third kappa shape index (κ3) is 2.68. The van der Waals surface area contributed by atoms with Crippen molar-refractivity contribution in [1.82, 2.24) is 19.9 Å². The molecular formula is C13H7Cl3N4. The summed E-state index contributed by atoms with van der Waals surface area (Å²) in [6, 6.07) is 9.83. The van der Waals surface area contributed by atoms with Gasteiger partial charge >= 0.3 is 0 Å². The van der Waals surface area contributed by atoms with Gasteiger partial charge in [-0.15, -0.1) is 0 Å². The Hall–Kier alpha value is -1.49. The van der Waals surface area contributed by atoms with E-state index in [1.165, 1.54) is 0 Å². The molecule has 7 heteroatoms. The standard InChI is InChI=1S/C13H7Cl3N4/c14-10-9-13(20-12(16)11(15)19-9)18-8(17-10)6-7-4-2-1-3-5-7/h1-5H,6H2. The Morgan fingerprint density at radius 2 is 1.45 bits per heavy atom. The van der Waals surface area contributed by atoms with Crippen molar-refractivity contribution in [2.75, 3.05) is 0 Å². The molecule has 0 atom stereocenters. The maximum atomic E-state index is 6.10. The van der Waals surface area contributed by atoms with Gasteiger partial charge in [-0.1, -0.05) is 65.1 Å². The van der Waals surface area contributed by atoms with E-state index in [1.54, 1.807) is 0 Å². The van der Waals surface area contributed by atoms with Crippen LogP contribution < -0.4 is 0 Å². The summed E-state index contributed by atoms with van der Waals surface area (Å²) in [4.78, 5) is 16.6. The summed E-state index contributed by atoms with van der Waals surface area (Å²) in [5, 5.41) is 0.395. The van der Waals surface area contributed by atoms with E-state index in [2.05, 4.69) is 19.9 Å². The molecule has 0 saturated carbocycles. The molecule has 0 bridgehead atoms. The third-order valence-electron chi connectivity index (χ3n) is 2.66. The second-order valence-electron chi connectivity index (χ2n) is 4.07. The van der Waals surface area contributed by atoms with Gasteiger partial charge in [0.2, 0.25) is 0 Å². The SMILES string of the molecule is Clc1nc2nc(Cc3ccccc3)nc(Cl)c2nc1Cl. The number of aromatic nitrogens is 4. The highest BCUT2D eigenvalue weighted by atomic mass is 35.5. The van der Waals surface area contributed by atoms with E-state index in [0.717, 1.165) is 5.56 Å². The zero-order chi connectivity index (χ0) is 14.1. The molecule has 0 aliphatic heterocycles. The van der Waals surface area contributed by atoms with E-state index in [1.807, 2.05) is 30.3 Å². The van der Waals surface area contributed by atoms with Crippen LogP contribution in [0.1, 0.15) is 11.4 Å². The predicted octanol–water partition coefficient (Wildman–Crippen LogP) is 3.97. The number of hydrogen-bond acceptors (Lipinski definition) is 4. The van der Waals surface area contributed by atoms with Crippen molar-refractivity contribution in [2.24, 2.45) is 0 Å². The molecule has 3 aromatic rings. The Bertz CT molecular complexity index is 777. The first kappa shape index (κ1) is 13.5. The smallest absolute Gasteiger partial charge is 0.184 e. The van der Waals surface area contributed by atoms with Gasteiger partial charge < -0.3 is 0 Å². The van der Waals surface area contributed by atoms with Gasteiger partial charge in [-0.3, -0.25) is 0 Å². The molecule has 0 radical (unpaired) electrons. The van der Waals surface area contributed by atoms with Crippen molar-refractivity contribution in [3.63, 3.8) is 0 Å². The second-order valence-corrected chi connectivity index (χ2v) is 5.14. The third-order valence-corrected chi connectivity index (χ3v) is 3.55. The number of fused-ring (bicyclic) bond motifs is 1. The Labute approximate surface area is 129 Å². The van der Waals surface area contributed by atoms with Crippen LogP contribution in [0.5, 0.6) is 0 Å². The number of rotatable bonds is 2. The van der Waals surface area contributed by atoms with Crippen LogP contribution in [-0.4, -0.2) is 19.9 Å². The maximum Gasteiger partial charge on any atom is 0.184 e. The van der Waals surface area contributed by atoms with E-state index in [0.29, 0.717) is 23.4 Å². The molecule has 3 rings (SSSR count). The Balaban J connectivity index is 2.07. The molecule has 2 aromatic heterocycles. The summed E-state index contributed by atoms with van der Waals surface area (Å²) < 4.78 is 0. The molecule has 0 unspecified atom stereocenters.